The van der Waals surface area contributed by atoms with Gasteiger partial charge < -0.3 is 4.74 Å². The molecular weight excluding hydrogens is 234 g/mol. The second-order valence-corrected chi connectivity index (χ2v) is 4.56. The molecule has 1 aromatic carbocycles. The lowest BCUT2D eigenvalue weighted by Gasteiger charge is -2.20. The Balaban J connectivity index is 2.30. The molecule has 0 bridgehead atoms. The lowest BCUT2D eigenvalue weighted by Crippen LogP contribution is -2.29. The highest BCUT2D eigenvalue weighted by Gasteiger charge is 2.02. The van der Waals surface area contributed by atoms with Crippen molar-refractivity contribution >= 4 is 11.6 Å². The Morgan fingerprint density at radius 3 is 2.53 bits per heavy atom. The molecule has 0 heterocycles. The van der Waals surface area contributed by atoms with Crippen molar-refractivity contribution in [3.63, 3.8) is 0 Å². The Morgan fingerprint density at radius 2 is 2.00 bits per heavy atom. The van der Waals surface area contributed by atoms with Crippen molar-refractivity contribution in [2.24, 2.45) is 0 Å². The highest BCUT2D eigenvalue weighted by Crippen LogP contribution is 2.15. The number of rotatable bonds is 7. The van der Waals surface area contributed by atoms with E-state index in [1.165, 1.54) is 5.57 Å². The maximum atomic E-state index is 5.80. The van der Waals surface area contributed by atoms with E-state index >= 15 is 0 Å². The topological polar surface area (TPSA) is 12.5 Å². The SMILES string of the molecule is C=C(C)CN(CC)CCOc1ccc(Cl)cc1. The van der Waals surface area contributed by atoms with Crippen molar-refractivity contribution in [3.05, 3.63) is 41.4 Å². The molecule has 2 nitrogen and oxygen atoms in total. The summed E-state index contributed by atoms with van der Waals surface area (Å²) in [4.78, 5) is 2.30. The van der Waals surface area contributed by atoms with Gasteiger partial charge in [0.1, 0.15) is 12.4 Å². The zero-order chi connectivity index (χ0) is 12.7. The van der Waals surface area contributed by atoms with Crippen LogP contribution in [0.1, 0.15) is 13.8 Å². The van der Waals surface area contributed by atoms with Crippen molar-refractivity contribution in [2.45, 2.75) is 13.8 Å². The number of halogens is 1. The molecule has 0 aliphatic rings. The minimum Gasteiger partial charge on any atom is -0.492 e. The Kier molecular flexibility index (Phi) is 6.09. The minimum atomic E-state index is 0.683. The number of hydrogen-bond acceptors (Lipinski definition) is 2. The highest BCUT2D eigenvalue weighted by atomic mass is 35.5. The standard InChI is InChI=1S/C14H20ClNO/c1-4-16(11-12(2)3)9-10-17-14-7-5-13(15)6-8-14/h5-8H,2,4,9-11H2,1,3H3. The van der Waals surface area contributed by atoms with Crippen LogP contribution in [0.25, 0.3) is 0 Å². The minimum absolute atomic E-state index is 0.683. The van der Waals surface area contributed by atoms with Crippen LogP contribution in [0.5, 0.6) is 5.75 Å². The fourth-order valence-corrected chi connectivity index (χ4v) is 1.68. The van der Waals surface area contributed by atoms with Crippen molar-refractivity contribution in [2.75, 3.05) is 26.2 Å². The van der Waals surface area contributed by atoms with E-state index in [4.69, 9.17) is 16.3 Å². The van der Waals surface area contributed by atoms with Gasteiger partial charge >= 0.3 is 0 Å². The van der Waals surface area contributed by atoms with Crippen molar-refractivity contribution in [3.8, 4) is 5.75 Å². The molecule has 0 unspecified atom stereocenters. The first-order valence-corrected chi connectivity index (χ1v) is 6.24. The van der Waals surface area contributed by atoms with Crippen LogP contribution in [0.3, 0.4) is 0 Å². The number of ether oxygens (including phenoxy) is 1. The molecule has 1 aromatic rings. The largest absolute Gasteiger partial charge is 0.492 e. The first kappa shape index (κ1) is 14.1. The van der Waals surface area contributed by atoms with Crippen LogP contribution in [-0.4, -0.2) is 31.1 Å². The predicted octanol–water partition coefficient (Wildman–Crippen LogP) is 3.62. The first-order chi connectivity index (χ1) is 8.11. The van der Waals surface area contributed by atoms with Gasteiger partial charge in [-0.05, 0) is 37.7 Å². The Labute approximate surface area is 109 Å². The summed E-state index contributed by atoms with van der Waals surface area (Å²) in [6.45, 7) is 11.6. The van der Waals surface area contributed by atoms with Gasteiger partial charge in [0.05, 0.1) is 0 Å². The summed E-state index contributed by atoms with van der Waals surface area (Å²) in [5.41, 5.74) is 1.18. The third kappa shape index (κ3) is 5.76. The summed E-state index contributed by atoms with van der Waals surface area (Å²) >= 11 is 5.80. The summed E-state index contributed by atoms with van der Waals surface area (Å²) < 4.78 is 5.64. The molecule has 0 amide bonds. The van der Waals surface area contributed by atoms with Gasteiger partial charge in [0.15, 0.2) is 0 Å². The molecule has 0 saturated heterocycles. The van der Waals surface area contributed by atoms with Crippen LogP contribution in [0.4, 0.5) is 0 Å². The van der Waals surface area contributed by atoms with Crippen LogP contribution < -0.4 is 4.74 Å². The van der Waals surface area contributed by atoms with Crippen LogP contribution >= 0.6 is 11.6 Å². The number of hydrogen-bond donors (Lipinski definition) is 0. The maximum absolute atomic E-state index is 5.80. The van der Waals surface area contributed by atoms with Crippen LogP contribution in [0, 0.1) is 0 Å². The molecule has 17 heavy (non-hydrogen) atoms. The van der Waals surface area contributed by atoms with Gasteiger partial charge in [-0.15, -0.1) is 0 Å². The average Bonchev–Trinajstić information content (AvgIpc) is 2.30. The Morgan fingerprint density at radius 1 is 1.35 bits per heavy atom. The lowest BCUT2D eigenvalue weighted by atomic mass is 10.3. The van der Waals surface area contributed by atoms with E-state index in [0.29, 0.717) is 6.61 Å². The zero-order valence-electron chi connectivity index (χ0n) is 10.6. The van der Waals surface area contributed by atoms with E-state index in [1.807, 2.05) is 31.2 Å². The van der Waals surface area contributed by atoms with Gasteiger partial charge in [0.25, 0.3) is 0 Å². The quantitative estimate of drug-likeness (QED) is 0.689. The third-order valence-corrected chi connectivity index (χ3v) is 2.68. The zero-order valence-corrected chi connectivity index (χ0v) is 11.3. The monoisotopic (exact) mass is 253 g/mol. The molecule has 0 spiro atoms. The molecule has 0 N–H and O–H groups in total. The van der Waals surface area contributed by atoms with E-state index in [9.17, 15) is 0 Å². The van der Waals surface area contributed by atoms with Gasteiger partial charge in [0, 0.05) is 18.1 Å². The number of likely N-dealkylation sites (N-methyl/N-ethyl adjacent to an activating group) is 1. The van der Waals surface area contributed by atoms with Gasteiger partial charge in [-0.3, -0.25) is 4.90 Å². The van der Waals surface area contributed by atoms with Crippen LogP contribution in [0.2, 0.25) is 5.02 Å². The van der Waals surface area contributed by atoms with Crippen molar-refractivity contribution < 1.29 is 4.74 Å². The molecule has 0 aromatic heterocycles. The van der Waals surface area contributed by atoms with Gasteiger partial charge in [-0.2, -0.15) is 0 Å². The predicted molar refractivity (Wildman–Crippen MR) is 73.9 cm³/mol. The van der Waals surface area contributed by atoms with E-state index in [1.54, 1.807) is 0 Å². The average molecular weight is 254 g/mol. The molecule has 0 aliphatic carbocycles. The second-order valence-electron chi connectivity index (χ2n) is 4.13. The fourth-order valence-electron chi connectivity index (χ4n) is 1.55. The van der Waals surface area contributed by atoms with Crippen LogP contribution in [-0.2, 0) is 0 Å². The van der Waals surface area contributed by atoms with Gasteiger partial charge in [0.2, 0.25) is 0 Å². The Hall–Kier alpha value is -0.990. The molecule has 1 rings (SSSR count). The molecule has 0 saturated carbocycles. The van der Waals surface area contributed by atoms with E-state index < -0.39 is 0 Å². The summed E-state index contributed by atoms with van der Waals surface area (Å²) in [7, 11) is 0. The summed E-state index contributed by atoms with van der Waals surface area (Å²) in [5.74, 6) is 0.862. The molecule has 3 heteroatoms. The molecule has 0 aliphatic heterocycles. The first-order valence-electron chi connectivity index (χ1n) is 5.87. The van der Waals surface area contributed by atoms with E-state index in [0.717, 1.165) is 30.4 Å². The second kappa shape index (κ2) is 7.36. The fraction of sp³-hybridized carbons (Fsp3) is 0.429. The third-order valence-electron chi connectivity index (χ3n) is 2.43. The number of nitrogens with zero attached hydrogens (tertiary/aromatic N) is 1. The molecule has 0 atom stereocenters. The van der Waals surface area contributed by atoms with Gasteiger partial charge in [-0.1, -0.05) is 30.7 Å². The molecule has 0 radical (unpaired) electrons. The summed E-state index contributed by atoms with van der Waals surface area (Å²) in [6, 6.07) is 7.44. The molecule has 0 fully saturated rings. The molecular formula is C14H20ClNO. The van der Waals surface area contributed by atoms with E-state index in [-0.39, 0.29) is 0 Å². The summed E-state index contributed by atoms with van der Waals surface area (Å²) in [5, 5.41) is 0.731. The van der Waals surface area contributed by atoms with E-state index in [2.05, 4.69) is 18.4 Å². The lowest BCUT2D eigenvalue weighted by molar-refractivity contribution is 0.227. The Bertz CT molecular complexity index is 348. The maximum Gasteiger partial charge on any atom is 0.119 e. The van der Waals surface area contributed by atoms with Crippen molar-refractivity contribution in [1.29, 1.82) is 0 Å². The normalized spacial score (nSPS) is 10.6. The summed E-state index contributed by atoms with van der Waals surface area (Å²) in [6.07, 6.45) is 0. The van der Waals surface area contributed by atoms with Crippen LogP contribution in [0.15, 0.2) is 36.4 Å². The highest BCUT2D eigenvalue weighted by molar-refractivity contribution is 6.30. The number of benzene rings is 1. The smallest absolute Gasteiger partial charge is 0.119 e. The van der Waals surface area contributed by atoms with Crippen molar-refractivity contribution in [1.82, 2.24) is 4.90 Å². The molecule has 94 valence electrons. The van der Waals surface area contributed by atoms with Gasteiger partial charge in [-0.25, -0.2) is 0 Å².